The van der Waals surface area contributed by atoms with E-state index in [1.807, 2.05) is 7.05 Å². The summed E-state index contributed by atoms with van der Waals surface area (Å²) in [6.07, 6.45) is 5.38. The van der Waals surface area contributed by atoms with Gasteiger partial charge in [-0.1, -0.05) is 19.8 Å². The fraction of sp³-hybridized carbons (Fsp3) is 1.00. The molecule has 0 saturated carbocycles. The molecule has 0 rings (SSSR count). The molecule has 2 heteroatoms. The highest BCUT2D eigenvalue weighted by Crippen LogP contribution is 2.09. The van der Waals surface area contributed by atoms with Crippen LogP contribution in [0.15, 0.2) is 0 Å². The van der Waals surface area contributed by atoms with Crippen LogP contribution in [0.1, 0.15) is 32.6 Å². The summed E-state index contributed by atoms with van der Waals surface area (Å²) in [6.45, 7) is 3.43. The summed E-state index contributed by atoms with van der Waals surface area (Å²) in [7, 11) is 2.01. The molecule has 0 fully saturated rings. The maximum atomic E-state index is 4.25. The summed E-state index contributed by atoms with van der Waals surface area (Å²) in [5.41, 5.74) is 0. The zero-order valence-corrected chi connectivity index (χ0v) is 8.66. The van der Waals surface area contributed by atoms with Gasteiger partial charge in [0.1, 0.15) is 0 Å². The standard InChI is InChI=1S/C9H21NS/c1-9(8-11)6-4-3-5-7-10-2/h9-11H,3-8H2,1-2H3. The van der Waals surface area contributed by atoms with Gasteiger partial charge in [-0.25, -0.2) is 0 Å². The SMILES string of the molecule is CNCCCCCC(C)CS. The van der Waals surface area contributed by atoms with Crippen molar-refractivity contribution in [1.82, 2.24) is 5.32 Å². The second-order valence-electron chi connectivity index (χ2n) is 3.24. The lowest BCUT2D eigenvalue weighted by Gasteiger charge is -2.06. The fourth-order valence-corrected chi connectivity index (χ4v) is 1.25. The molecule has 0 heterocycles. The van der Waals surface area contributed by atoms with Crippen LogP contribution in [0.25, 0.3) is 0 Å². The third-order valence-electron chi connectivity index (χ3n) is 1.94. The van der Waals surface area contributed by atoms with Crippen LogP contribution >= 0.6 is 12.6 Å². The van der Waals surface area contributed by atoms with Crippen molar-refractivity contribution in [1.29, 1.82) is 0 Å². The Kier molecular flexibility index (Phi) is 8.64. The van der Waals surface area contributed by atoms with Gasteiger partial charge in [0.05, 0.1) is 0 Å². The van der Waals surface area contributed by atoms with Crippen molar-refractivity contribution >= 4 is 12.6 Å². The number of unbranched alkanes of at least 4 members (excludes halogenated alkanes) is 2. The molecule has 0 saturated heterocycles. The fourth-order valence-electron chi connectivity index (χ4n) is 1.06. The molecular formula is C9H21NS. The van der Waals surface area contributed by atoms with E-state index < -0.39 is 0 Å². The van der Waals surface area contributed by atoms with Crippen molar-refractivity contribution in [2.45, 2.75) is 32.6 Å². The van der Waals surface area contributed by atoms with Crippen molar-refractivity contribution < 1.29 is 0 Å². The Labute approximate surface area is 76.4 Å². The van der Waals surface area contributed by atoms with Crippen molar-refractivity contribution in [3.05, 3.63) is 0 Å². The van der Waals surface area contributed by atoms with Gasteiger partial charge < -0.3 is 5.32 Å². The summed E-state index contributed by atoms with van der Waals surface area (Å²) in [4.78, 5) is 0. The van der Waals surface area contributed by atoms with Gasteiger partial charge in [0.25, 0.3) is 0 Å². The Morgan fingerprint density at radius 2 is 2.00 bits per heavy atom. The highest BCUT2D eigenvalue weighted by atomic mass is 32.1. The van der Waals surface area contributed by atoms with E-state index in [4.69, 9.17) is 0 Å². The molecule has 0 aliphatic rings. The minimum Gasteiger partial charge on any atom is -0.320 e. The Hall–Kier alpha value is 0.310. The largest absolute Gasteiger partial charge is 0.320 e. The molecule has 11 heavy (non-hydrogen) atoms. The van der Waals surface area contributed by atoms with Crippen molar-refractivity contribution in [2.75, 3.05) is 19.3 Å². The van der Waals surface area contributed by atoms with Gasteiger partial charge in [0.2, 0.25) is 0 Å². The molecule has 1 N–H and O–H groups in total. The second kappa shape index (κ2) is 8.41. The Bertz CT molecular complexity index is 76.0. The lowest BCUT2D eigenvalue weighted by atomic mass is 10.1. The van der Waals surface area contributed by atoms with Gasteiger partial charge in [0, 0.05) is 0 Å². The smallest absolute Gasteiger partial charge is 0.00519 e. The predicted octanol–water partition coefficient (Wildman–Crippen LogP) is 2.33. The van der Waals surface area contributed by atoms with Crippen LogP contribution in [0.2, 0.25) is 0 Å². The Balaban J connectivity index is 2.89. The van der Waals surface area contributed by atoms with E-state index in [0.717, 1.165) is 18.2 Å². The van der Waals surface area contributed by atoms with Crippen LogP contribution in [-0.2, 0) is 0 Å². The lowest BCUT2D eigenvalue weighted by Crippen LogP contribution is -2.07. The first-order valence-electron chi connectivity index (χ1n) is 4.56. The zero-order chi connectivity index (χ0) is 8.53. The number of hydrogen-bond donors (Lipinski definition) is 2. The Morgan fingerprint density at radius 1 is 1.27 bits per heavy atom. The molecule has 0 spiro atoms. The van der Waals surface area contributed by atoms with Crippen molar-refractivity contribution in [3.63, 3.8) is 0 Å². The molecule has 0 aliphatic heterocycles. The first-order chi connectivity index (χ1) is 5.31. The van der Waals surface area contributed by atoms with E-state index in [1.54, 1.807) is 0 Å². The van der Waals surface area contributed by atoms with Crippen LogP contribution in [0.5, 0.6) is 0 Å². The summed E-state index contributed by atoms with van der Waals surface area (Å²) in [5.74, 6) is 1.83. The minimum atomic E-state index is 0.799. The normalized spacial score (nSPS) is 13.4. The highest BCUT2D eigenvalue weighted by molar-refractivity contribution is 7.80. The molecular weight excluding hydrogens is 154 g/mol. The first-order valence-corrected chi connectivity index (χ1v) is 5.20. The van der Waals surface area contributed by atoms with Crippen molar-refractivity contribution in [3.8, 4) is 0 Å². The molecule has 0 aromatic carbocycles. The van der Waals surface area contributed by atoms with Crippen LogP contribution in [0.4, 0.5) is 0 Å². The van der Waals surface area contributed by atoms with E-state index in [0.29, 0.717) is 0 Å². The van der Waals surface area contributed by atoms with E-state index in [-0.39, 0.29) is 0 Å². The monoisotopic (exact) mass is 175 g/mol. The average molecular weight is 175 g/mol. The molecule has 1 unspecified atom stereocenters. The van der Waals surface area contributed by atoms with Crippen molar-refractivity contribution in [2.24, 2.45) is 5.92 Å². The second-order valence-corrected chi connectivity index (χ2v) is 3.61. The van der Waals surface area contributed by atoms with E-state index >= 15 is 0 Å². The van der Waals surface area contributed by atoms with Crippen LogP contribution in [0, 0.1) is 5.92 Å². The summed E-state index contributed by atoms with van der Waals surface area (Å²) < 4.78 is 0. The van der Waals surface area contributed by atoms with E-state index in [2.05, 4.69) is 24.9 Å². The summed E-state index contributed by atoms with van der Waals surface area (Å²) in [5, 5.41) is 3.15. The molecule has 0 aromatic rings. The van der Waals surface area contributed by atoms with E-state index in [1.165, 1.54) is 25.7 Å². The molecule has 0 bridgehead atoms. The van der Waals surface area contributed by atoms with E-state index in [9.17, 15) is 0 Å². The van der Waals surface area contributed by atoms with Gasteiger partial charge in [-0.3, -0.25) is 0 Å². The molecule has 0 amide bonds. The number of hydrogen-bond acceptors (Lipinski definition) is 2. The molecule has 0 aromatic heterocycles. The third kappa shape index (κ3) is 8.21. The number of nitrogens with one attached hydrogen (secondary N) is 1. The predicted molar refractivity (Wildman–Crippen MR) is 55.4 cm³/mol. The summed E-state index contributed by atoms with van der Waals surface area (Å²) in [6, 6.07) is 0. The molecule has 0 aliphatic carbocycles. The van der Waals surface area contributed by atoms with Crippen LogP contribution < -0.4 is 5.32 Å². The van der Waals surface area contributed by atoms with Gasteiger partial charge in [-0.2, -0.15) is 12.6 Å². The average Bonchev–Trinajstić information content (AvgIpc) is 2.04. The zero-order valence-electron chi connectivity index (χ0n) is 7.77. The maximum Gasteiger partial charge on any atom is -0.00519 e. The first kappa shape index (κ1) is 11.3. The topological polar surface area (TPSA) is 12.0 Å². The molecule has 0 radical (unpaired) electrons. The molecule has 1 atom stereocenters. The minimum absolute atomic E-state index is 0.799. The lowest BCUT2D eigenvalue weighted by molar-refractivity contribution is 0.529. The van der Waals surface area contributed by atoms with Gasteiger partial charge in [-0.15, -0.1) is 0 Å². The quantitative estimate of drug-likeness (QED) is 0.447. The summed E-state index contributed by atoms with van der Waals surface area (Å²) >= 11 is 4.25. The van der Waals surface area contributed by atoms with Gasteiger partial charge in [-0.05, 0) is 38.1 Å². The number of rotatable bonds is 7. The Morgan fingerprint density at radius 3 is 2.55 bits per heavy atom. The van der Waals surface area contributed by atoms with Gasteiger partial charge >= 0.3 is 0 Å². The highest BCUT2D eigenvalue weighted by Gasteiger charge is 1.97. The van der Waals surface area contributed by atoms with Gasteiger partial charge in [0.15, 0.2) is 0 Å². The molecule has 68 valence electrons. The molecule has 1 nitrogen and oxygen atoms in total. The third-order valence-corrected chi connectivity index (χ3v) is 2.56. The van der Waals surface area contributed by atoms with Crippen LogP contribution in [0.3, 0.4) is 0 Å². The number of thiol groups is 1. The maximum absolute atomic E-state index is 4.25. The van der Waals surface area contributed by atoms with Crippen LogP contribution in [-0.4, -0.2) is 19.3 Å².